The summed E-state index contributed by atoms with van der Waals surface area (Å²) in [6.45, 7) is 3.61. The van der Waals surface area contributed by atoms with Crippen LogP contribution in [0.2, 0.25) is 0 Å². The molecule has 0 N–H and O–H groups in total. The van der Waals surface area contributed by atoms with E-state index in [0.717, 1.165) is 11.1 Å². The number of hydrogen-bond acceptors (Lipinski definition) is 3. The van der Waals surface area contributed by atoms with Gasteiger partial charge < -0.3 is 9.47 Å². The zero-order chi connectivity index (χ0) is 14.9. The second kappa shape index (κ2) is 8.02. The molecule has 0 spiro atoms. The fourth-order valence-corrected chi connectivity index (χ4v) is 1.99. The highest BCUT2D eigenvalue weighted by Crippen LogP contribution is 2.25. The standard InChI is InChI=1S/C18H18O3/c1-2-13-20-17(19)14-21-18(15-9-5-3-6-10-15)16-11-7-4-8-12-16/h2-12,18H,1,13-14H2. The van der Waals surface area contributed by atoms with Gasteiger partial charge in [0.25, 0.3) is 0 Å². The van der Waals surface area contributed by atoms with E-state index in [1.165, 1.54) is 6.08 Å². The summed E-state index contributed by atoms with van der Waals surface area (Å²) in [5, 5.41) is 0. The zero-order valence-corrected chi connectivity index (χ0v) is 11.8. The van der Waals surface area contributed by atoms with Gasteiger partial charge in [-0.15, -0.1) is 0 Å². The second-order valence-electron chi connectivity index (χ2n) is 4.48. The van der Waals surface area contributed by atoms with Crippen molar-refractivity contribution in [3.8, 4) is 0 Å². The van der Waals surface area contributed by atoms with E-state index < -0.39 is 5.97 Å². The molecule has 0 saturated carbocycles. The Morgan fingerprint density at radius 1 is 1.00 bits per heavy atom. The molecule has 2 aromatic rings. The first-order valence-corrected chi connectivity index (χ1v) is 6.79. The second-order valence-corrected chi connectivity index (χ2v) is 4.48. The molecule has 2 aromatic carbocycles. The van der Waals surface area contributed by atoms with E-state index >= 15 is 0 Å². The molecule has 0 amide bonds. The molecule has 3 heteroatoms. The Kier molecular flexibility index (Phi) is 5.73. The summed E-state index contributed by atoms with van der Waals surface area (Å²) < 4.78 is 10.7. The summed E-state index contributed by atoms with van der Waals surface area (Å²) in [4.78, 5) is 11.6. The number of hydrogen-bond donors (Lipinski definition) is 0. The summed E-state index contributed by atoms with van der Waals surface area (Å²) in [5.41, 5.74) is 2.00. The van der Waals surface area contributed by atoms with Crippen molar-refractivity contribution in [1.29, 1.82) is 0 Å². The van der Waals surface area contributed by atoms with Gasteiger partial charge in [0, 0.05) is 0 Å². The Bertz CT molecular complexity index is 524. The van der Waals surface area contributed by atoms with Crippen LogP contribution in [-0.2, 0) is 14.3 Å². The zero-order valence-electron chi connectivity index (χ0n) is 11.8. The highest BCUT2D eigenvalue weighted by Gasteiger charge is 2.16. The van der Waals surface area contributed by atoms with Crippen LogP contribution in [0.5, 0.6) is 0 Å². The van der Waals surface area contributed by atoms with Crippen molar-refractivity contribution < 1.29 is 14.3 Å². The van der Waals surface area contributed by atoms with Crippen molar-refractivity contribution in [2.24, 2.45) is 0 Å². The van der Waals surface area contributed by atoms with Gasteiger partial charge in [-0.25, -0.2) is 4.79 Å². The normalized spacial score (nSPS) is 10.3. The van der Waals surface area contributed by atoms with E-state index in [4.69, 9.17) is 9.47 Å². The minimum Gasteiger partial charge on any atom is -0.460 e. The topological polar surface area (TPSA) is 35.5 Å². The Hall–Kier alpha value is -2.39. The maximum absolute atomic E-state index is 11.6. The maximum Gasteiger partial charge on any atom is 0.332 e. The van der Waals surface area contributed by atoms with Crippen LogP contribution in [-0.4, -0.2) is 19.2 Å². The van der Waals surface area contributed by atoms with Crippen molar-refractivity contribution in [3.05, 3.63) is 84.4 Å². The van der Waals surface area contributed by atoms with Gasteiger partial charge in [-0.3, -0.25) is 0 Å². The number of ether oxygens (including phenoxy) is 2. The molecule has 0 aliphatic heterocycles. The summed E-state index contributed by atoms with van der Waals surface area (Å²) in [5.74, 6) is -0.397. The molecule has 3 nitrogen and oxygen atoms in total. The summed E-state index contributed by atoms with van der Waals surface area (Å²) in [6, 6.07) is 19.6. The molecule has 0 aliphatic carbocycles. The molecule has 21 heavy (non-hydrogen) atoms. The highest BCUT2D eigenvalue weighted by molar-refractivity contribution is 5.70. The Labute approximate surface area is 124 Å². The van der Waals surface area contributed by atoms with Crippen molar-refractivity contribution >= 4 is 5.97 Å². The third-order valence-electron chi connectivity index (χ3n) is 2.93. The molecular weight excluding hydrogens is 264 g/mol. The van der Waals surface area contributed by atoms with Crippen molar-refractivity contribution in [2.75, 3.05) is 13.2 Å². The van der Waals surface area contributed by atoms with Crippen LogP contribution in [0.1, 0.15) is 17.2 Å². The lowest BCUT2D eigenvalue weighted by Gasteiger charge is -2.18. The molecular formula is C18H18O3. The lowest BCUT2D eigenvalue weighted by molar-refractivity contribution is -0.149. The molecule has 0 atom stereocenters. The molecule has 0 fully saturated rings. The molecule has 2 rings (SSSR count). The third kappa shape index (κ3) is 4.58. The molecule has 0 unspecified atom stereocenters. The number of rotatable bonds is 7. The lowest BCUT2D eigenvalue weighted by atomic mass is 10.0. The molecule has 108 valence electrons. The molecule has 0 saturated heterocycles. The molecule has 0 heterocycles. The van der Waals surface area contributed by atoms with Gasteiger partial charge in [0.2, 0.25) is 0 Å². The van der Waals surface area contributed by atoms with Crippen LogP contribution >= 0.6 is 0 Å². The minimum absolute atomic E-state index is 0.0949. The van der Waals surface area contributed by atoms with Crippen LogP contribution in [0, 0.1) is 0 Å². The summed E-state index contributed by atoms with van der Waals surface area (Å²) in [7, 11) is 0. The molecule has 0 aliphatic rings. The van der Waals surface area contributed by atoms with Crippen LogP contribution in [0.3, 0.4) is 0 Å². The monoisotopic (exact) mass is 282 g/mol. The Morgan fingerprint density at radius 2 is 1.52 bits per heavy atom. The summed E-state index contributed by atoms with van der Waals surface area (Å²) in [6.07, 6.45) is 1.24. The van der Waals surface area contributed by atoms with Crippen LogP contribution in [0.25, 0.3) is 0 Å². The lowest BCUT2D eigenvalue weighted by Crippen LogP contribution is -2.16. The van der Waals surface area contributed by atoms with Gasteiger partial charge in [0.15, 0.2) is 0 Å². The van der Waals surface area contributed by atoms with Gasteiger partial charge >= 0.3 is 5.97 Å². The van der Waals surface area contributed by atoms with Crippen molar-refractivity contribution in [1.82, 2.24) is 0 Å². The fraction of sp³-hybridized carbons (Fsp3) is 0.167. The number of esters is 1. The first kappa shape index (κ1) is 15.0. The maximum atomic E-state index is 11.6. The van der Waals surface area contributed by atoms with Gasteiger partial charge in [0.1, 0.15) is 19.3 Å². The largest absolute Gasteiger partial charge is 0.460 e. The summed E-state index contributed by atoms with van der Waals surface area (Å²) >= 11 is 0. The predicted molar refractivity (Wildman–Crippen MR) is 81.8 cm³/mol. The van der Waals surface area contributed by atoms with Crippen LogP contribution < -0.4 is 0 Å². The molecule has 0 radical (unpaired) electrons. The van der Waals surface area contributed by atoms with Gasteiger partial charge in [0.05, 0.1) is 0 Å². The van der Waals surface area contributed by atoms with E-state index in [9.17, 15) is 4.79 Å². The number of carbonyl (C=O) groups is 1. The Balaban J connectivity index is 2.10. The van der Waals surface area contributed by atoms with E-state index in [1.807, 2.05) is 60.7 Å². The average Bonchev–Trinajstić information content (AvgIpc) is 2.55. The van der Waals surface area contributed by atoms with Gasteiger partial charge in [-0.2, -0.15) is 0 Å². The Morgan fingerprint density at radius 3 is 2.00 bits per heavy atom. The number of benzene rings is 2. The van der Waals surface area contributed by atoms with E-state index in [0.29, 0.717) is 0 Å². The first-order chi connectivity index (χ1) is 10.3. The first-order valence-electron chi connectivity index (χ1n) is 6.79. The van der Waals surface area contributed by atoms with Gasteiger partial charge in [-0.05, 0) is 11.1 Å². The number of carbonyl (C=O) groups excluding carboxylic acids is 1. The van der Waals surface area contributed by atoms with E-state index in [1.54, 1.807) is 0 Å². The van der Waals surface area contributed by atoms with Crippen LogP contribution in [0.15, 0.2) is 73.3 Å². The SMILES string of the molecule is C=CCOC(=O)COC(c1ccccc1)c1ccccc1. The van der Waals surface area contributed by atoms with Crippen LogP contribution in [0.4, 0.5) is 0 Å². The van der Waals surface area contributed by atoms with E-state index in [2.05, 4.69) is 6.58 Å². The highest BCUT2D eigenvalue weighted by atomic mass is 16.6. The average molecular weight is 282 g/mol. The smallest absolute Gasteiger partial charge is 0.332 e. The molecule has 0 aromatic heterocycles. The molecule has 0 bridgehead atoms. The van der Waals surface area contributed by atoms with Gasteiger partial charge in [-0.1, -0.05) is 73.3 Å². The third-order valence-corrected chi connectivity index (χ3v) is 2.93. The quantitative estimate of drug-likeness (QED) is 0.576. The van der Waals surface area contributed by atoms with Crippen molar-refractivity contribution in [2.45, 2.75) is 6.10 Å². The van der Waals surface area contributed by atoms with Crippen molar-refractivity contribution in [3.63, 3.8) is 0 Å². The fourth-order valence-electron chi connectivity index (χ4n) is 1.99. The minimum atomic E-state index is -0.397. The van der Waals surface area contributed by atoms with E-state index in [-0.39, 0.29) is 19.3 Å². The predicted octanol–water partition coefficient (Wildman–Crippen LogP) is 3.52.